The van der Waals surface area contributed by atoms with Crippen molar-refractivity contribution in [2.24, 2.45) is 11.7 Å². The van der Waals surface area contributed by atoms with Crippen LogP contribution < -0.4 is 5.73 Å². The molecule has 5 nitrogen and oxygen atoms in total. The van der Waals surface area contributed by atoms with Crippen LogP contribution in [0.1, 0.15) is 12.8 Å². The van der Waals surface area contributed by atoms with Gasteiger partial charge in [-0.05, 0) is 12.3 Å². The number of nitrogens with two attached hydrogens (primary N) is 1. The minimum atomic E-state index is -3.02. The van der Waals surface area contributed by atoms with E-state index >= 15 is 0 Å². The van der Waals surface area contributed by atoms with Gasteiger partial charge in [0, 0.05) is 12.5 Å². The van der Waals surface area contributed by atoms with Crippen LogP contribution in [0.5, 0.6) is 0 Å². The van der Waals surface area contributed by atoms with Crippen molar-refractivity contribution in [1.82, 2.24) is 0 Å². The van der Waals surface area contributed by atoms with Gasteiger partial charge in [-0.2, -0.15) is 0 Å². The summed E-state index contributed by atoms with van der Waals surface area (Å²) in [6, 6.07) is -0.519. The molecule has 0 aromatic rings. The summed E-state index contributed by atoms with van der Waals surface area (Å²) in [7, 11) is -3.02. The number of aliphatic carboxylic acids is 1. The molecule has 0 aliphatic carbocycles. The normalized spacial score (nSPS) is 30.4. The van der Waals surface area contributed by atoms with Gasteiger partial charge >= 0.3 is 5.97 Å². The highest BCUT2D eigenvalue weighted by atomic mass is 35.5. The van der Waals surface area contributed by atoms with Crippen LogP contribution in [-0.4, -0.2) is 37.0 Å². The van der Waals surface area contributed by atoms with E-state index in [0.29, 0.717) is 6.42 Å². The first-order valence-electron chi connectivity index (χ1n) is 4.08. The Balaban J connectivity index is 0.00000169. The van der Waals surface area contributed by atoms with Crippen LogP contribution in [-0.2, 0) is 14.6 Å². The highest BCUT2D eigenvalue weighted by molar-refractivity contribution is 7.91. The summed E-state index contributed by atoms with van der Waals surface area (Å²) < 4.78 is 22.1. The van der Waals surface area contributed by atoms with Crippen molar-refractivity contribution in [2.75, 3.05) is 11.5 Å². The molecular weight excluding hydrogens is 230 g/mol. The predicted octanol–water partition coefficient (Wildman–Crippen LogP) is -0.355. The average molecular weight is 244 g/mol. The summed E-state index contributed by atoms with van der Waals surface area (Å²) in [6.07, 6.45) is 0.340. The fourth-order valence-electron chi connectivity index (χ4n) is 1.54. The zero-order valence-corrected chi connectivity index (χ0v) is 9.18. The first-order chi connectivity index (χ1) is 5.91. The van der Waals surface area contributed by atoms with E-state index in [1.165, 1.54) is 0 Å². The van der Waals surface area contributed by atoms with Gasteiger partial charge in [0.05, 0.1) is 11.5 Å². The van der Waals surface area contributed by atoms with Gasteiger partial charge in [-0.1, -0.05) is 0 Å². The first-order valence-corrected chi connectivity index (χ1v) is 5.90. The van der Waals surface area contributed by atoms with Crippen LogP contribution in [0, 0.1) is 5.92 Å². The van der Waals surface area contributed by atoms with Gasteiger partial charge in [-0.3, -0.25) is 4.79 Å². The molecule has 0 saturated carbocycles. The number of carbonyl (C=O) groups is 1. The molecule has 0 radical (unpaired) electrons. The highest BCUT2D eigenvalue weighted by Crippen LogP contribution is 2.20. The zero-order valence-electron chi connectivity index (χ0n) is 7.55. The third-order valence-corrected chi connectivity index (χ3v) is 4.04. The Morgan fingerprint density at radius 2 is 2.07 bits per heavy atom. The molecule has 1 aliphatic rings. The molecule has 1 fully saturated rings. The van der Waals surface area contributed by atoms with E-state index in [-0.39, 0.29) is 36.3 Å². The van der Waals surface area contributed by atoms with Crippen LogP contribution >= 0.6 is 12.4 Å². The maximum Gasteiger partial charge on any atom is 0.303 e. The van der Waals surface area contributed by atoms with Gasteiger partial charge in [0.25, 0.3) is 0 Å². The summed E-state index contributed by atoms with van der Waals surface area (Å²) in [5.74, 6) is -1.12. The third-order valence-electron chi connectivity index (χ3n) is 2.29. The Morgan fingerprint density at radius 3 is 2.50 bits per heavy atom. The topological polar surface area (TPSA) is 97.5 Å². The molecule has 0 spiro atoms. The molecule has 84 valence electrons. The highest BCUT2D eigenvalue weighted by Gasteiger charge is 2.31. The lowest BCUT2D eigenvalue weighted by molar-refractivity contribution is -0.138. The smallest absolute Gasteiger partial charge is 0.303 e. The Bertz CT molecular complexity index is 303. The van der Waals surface area contributed by atoms with E-state index in [1.54, 1.807) is 0 Å². The van der Waals surface area contributed by atoms with Crippen LogP contribution in [0.3, 0.4) is 0 Å². The minimum absolute atomic E-state index is 0. The number of hydrogen-bond acceptors (Lipinski definition) is 4. The van der Waals surface area contributed by atoms with Crippen LogP contribution in [0.4, 0.5) is 0 Å². The second-order valence-corrected chi connectivity index (χ2v) is 5.65. The summed E-state index contributed by atoms with van der Waals surface area (Å²) in [4.78, 5) is 10.4. The van der Waals surface area contributed by atoms with Gasteiger partial charge in [0.2, 0.25) is 0 Å². The van der Waals surface area contributed by atoms with Crippen molar-refractivity contribution in [3.63, 3.8) is 0 Å². The van der Waals surface area contributed by atoms with Crippen molar-refractivity contribution >= 4 is 28.2 Å². The molecule has 7 heteroatoms. The SMILES string of the molecule is Cl.NC1CS(=O)(=O)CCC1CC(=O)O. The van der Waals surface area contributed by atoms with Gasteiger partial charge < -0.3 is 10.8 Å². The lowest BCUT2D eigenvalue weighted by Crippen LogP contribution is -2.43. The van der Waals surface area contributed by atoms with Gasteiger partial charge in [-0.15, -0.1) is 12.4 Å². The van der Waals surface area contributed by atoms with E-state index in [1.807, 2.05) is 0 Å². The maximum absolute atomic E-state index is 11.1. The number of carboxylic acids is 1. The molecule has 1 aliphatic heterocycles. The molecule has 2 unspecified atom stereocenters. The van der Waals surface area contributed by atoms with E-state index < -0.39 is 21.8 Å². The van der Waals surface area contributed by atoms with Gasteiger partial charge in [0.15, 0.2) is 9.84 Å². The Morgan fingerprint density at radius 1 is 1.50 bits per heavy atom. The first kappa shape index (κ1) is 13.7. The Labute approximate surface area is 89.0 Å². The average Bonchev–Trinajstić information content (AvgIpc) is 1.93. The summed E-state index contributed by atoms with van der Waals surface area (Å²) >= 11 is 0. The van der Waals surface area contributed by atoms with E-state index in [0.717, 1.165) is 0 Å². The van der Waals surface area contributed by atoms with Crippen molar-refractivity contribution in [3.8, 4) is 0 Å². The number of sulfone groups is 1. The van der Waals surface area contributed by atoms with Crippen molar-refractivity contribution in [2.45, 2.75) is 18.9 Å². The Kier molecular flexibility index (Phi) is 4.83. The number of hydrogen-bond donors (Lipinski definition) is 2. The fraction of sp³-hybridized carbons (Fsp3) is 0.857. The molecule has 1 saturated heterocycles. The van der Waals surface area contributed by atoms with Crippen molar-refractivity contribution in [1.29, 1.82) is 0 Å². The van der Waals surface area contributed by atoms with Crippen molar-refractivity contribution in [3.05, 3.63) is 0 Å². The molecule has 0 aromatic carbocycles. The second kappa shape index (κ2) is 4.95. The lowest BCUT2D eigenvalue weighted by atomic mass is 9.95. The zero-order chi connectivity index (χ0) is 10.1. The van der Waals surface area contributed by atoms with Crippen LogP contribution in [0.15, 0.2) is 0 Å². The molecular formula is C7H14ClNO4S. The molecule has 3 N–H and O–H groups in total. The summed E-state index contributed by atoms with van der Waals surface area (Å²) in [5.41, 5.74) is 5.56. The summed E-state index contributed by atoms with van der Waals surface area (Å²) in [5, 5.41) is 8.51. The molecule has 0 amide bonds. The molecule has 14 heavy (non-hydrogen) atoms. The molecule has 1 rings (SSSR count). The molecule has 0 bridgehead atoms. The quantitative estimate of drug-likeness (QED) is 0.691. The third kappa shape index (κ3) is 3.81. The largest absolute Gasteiger partial charge is 0.481 e. The van der Waals surface area contributed by atoms with E-state index in [9.17, 15) is 13.2 Å². The van der Waals surface area contributed by atoms with E-state index in [4.69, 9.17) is 10.8 Å². The second-order valence-electron chi connectivity index (χ2n) is 3.42. The fourth-order valence-corrected chi connectivity index (χ4v) is 3.22. The monoisotopic (exact) mass is 243 g/mol. The Hall–Kier alpha value is -0.330. The minimum Gasteiger partial charge on any atom is -0.481 e. The van der Waals surface area contributed by atoms with Crippen LogP contribution in [0.2, 0.25) is 0 Å². The van der Waals surface area contributed by atoms with Crippen molar-refractivity contribution < 1.29 is 18.3 Å². The van der Waals surface area contributed by atoms with Gasteiger partial charge in [-0.25, -0.2) is 8.42 Å². The lowest BCUT2D eigenvalue weighted by Gasteiger charge is -2.26. The molecule has 1 heterocycles. The number of halogens is 1. The number of carboxylic acid groups (broad SMARTS) is 1. The standard InChI is InChI=1S/C7H13NO4S.ClH/c8-6-4-13(11,12)2-1-5(6)3-7(9)10;/h5-6H,1-4,8H2,(H,9,10);1H. The van der Waals surface area contributed by atoms with Crippen LogP contribution in [0.25, 0.3) is 0 Å². The summed E-state index contributed by atoms with van der Waals surface area (Å²) in [6.45, 7) is 0. The predicted molar refractivity (Wildman–Crippen MR) is 54.2 cm³/mol. The molecule has 2 atom stereocenters. The molecule has 0 aromatic heterocycles. The maximum atomic E-state index is 11.1. The van der Waals surface area contributed by atoms with E-state index in [2.05, 4.69) is 0 Å². The van der Waals surface area contributed by atoms with Gasteiger partial charge in [0.1, 0.15) is 0 Å². The number of rotatable bonds is 2.